The molecule has 0 aliphatic carbocycles. The number of hydrogen-bond donors (Lipinski definition) is 1. The van der Waals surface area contributed by atoms with Crippen LogP contribution in [0.4, 0.5) is 0 Å². The summed E-state index contributed by atoms with van der Waals surface area (Å²) in [6, 6.07) is 8.85. The maximum Gasteiger partial charge on any atom is 0.193 e. The van der Waals surface area contributed by atoms with Gasteiger partial charge in [0.05, 0.1) is 24.9 Å². The summed E-state index contributed by atoms with van der Waals surface area (Å²) < 4.78 is 15.9. The van der Waals surface area contributed by atoms with Crippen molar-refractivity contribution in [2.75, 3.05) is 21.3 Å². The van der Waals surface area contributed by atoms with E-state index in [0.717, 1.165) is 11.3 Å². The van der Waals surface area contributed by atoms with Crippen molar-refractivity contribution < 1.29 is 24.1 Å². The minimum atomic E-state index is -0.360. The molecule has 0 bridgehead atoms. The van der Waals surface area contributed by atoms with E-state index >= 15 is 0 Å². The van der Waals surface area contributed by atoms with Crippen LogP contribution < -0.4 is 14.2 Å². The van der Waals surface area contributed by atoms with Crippen LogP contribution in [-0.4, -0.2) is 32.2 Å². The molecule has 0 aliphatic heterocycles. The van der Waals surface area contributed by atoms with Crippen molar-refractivity contribution in [3.05, 3.63) is 51.1 Å². The number of ketones is 1. The molecule has 0 heterocycles. The largest absolute Gasteiger partial charge is 0.506 e. The molecule has 2 aromatic rings. The molecule has 0 atom stereocenters. The maximum absolute atomic E-state index is 12.5. The molecule has 24 heavy (non-hydrogen) atoms. The van der Waals surface area contributed by atoms with Gasteiger partial charge in [0, 0.05) is 6.07 Å². The summed E-state index contributed by atoms with van der Waals surface area (Å²) in [5, 5.41) is 10.3. The van der Waals surface area contributed by atoms with Gasteiger partial charge >= 0.3 is 0 Å². The normalized spacial score (nSPS) is 10.7. The van der Waals surface area contributed by atoms with Crippen molar-refractivity contribution in [2.45, 2.75) is 0 Å². The molecule has 2 rings (SSSR count). The highest BCUT2D eigenvalue weighted by Gasteiger charge is 2.21. The Kier molecular flexibility index (Phi) is 6.08. The molecule has 0 amide bonds. The van der Waals surface area contributed by atoms with Crippen molar-refractivity contribution in [3.8, 4) is 23.0 Å². The second-order valence-corrected chi connectivity index (χ2v) is 5.87. The Morgan fingerprint density at radius 1 is 1.04 bits per heavy atom. The van der Waals surface area contributed by atoms with Crippen LogP contribution in [0.25, 0.3) is 6.08 Å². The Morgan fingerprint density at radius 3 is 2.21 bits per heavy atom. The summed E-state index contributed by atoms with van der Waals surface area (Å²) in [5.41, 5.74) is 0.943. The Hall–Kier alpha value is -2.22. The third-order valence-corrected chi connectivity index (χ3v) is 4.44. The van der Waals surface area contributed by atoms with E-state index in [0.29, 0.717) is 9.32 Å². The fraction of sp³-hybridized carbons (Fsp3) is 0.167. The molecule has 2 aromatic carbocycles. The van der Waals surface area contributed by atoms with Gasteiger partial charge in [-0.25, -0.2) is 0 Å². The fourth-order valence-corrected chi connectivity index (χ4v) is 2.76. The fourth-order valence-electron chi connectivity index (χ4n) is 2.12. The Balaban J connectivity index is 2.34. The molecular formula is C18H17IO5. The topological polar surface area (TPSA) is 65.0 Å². The third-order valence-electron chi connectivity index (χ3n) is 3.40. The van der Waals surface area contributed by atoms with Gasteiger partial charge in [0.25, 0.3) is 0 Å². The van der Waals surface area contributed by atoms with Gasteiger partial charge in [-0.3, -0.25) is 4.79 Å². The van der Waals surface area contributed by atoms with Gasteiger partial charge in [0.15, 0.2) is 5.78 Å². The highest BCUT2D eigenvalue weighted by molar-refractivity contribution is 14.1. The van der Waals surface area contributed by atoms with Crippen molar-refractivity contribution in [2.24, 2.45) is 0 Å². The monoisotopic (exact) mass is 440 g/mol. The van der Waals surface area contributed by atoms with Crippen LogP contribution in [0.1, 0.15) is 15.9 Å². The minimum absolute atomic E-state index is 0.104. The number of carbonyl (C=O) groups excluding carboxylic acids is 1. The van der Waals surface area contributed by atoms with Crippen LogP contribution in [0.2, 0.25) is 0 Å². The second kappa shape index (κ2) is 8.05. The molecule has 1 N–H and O–H groups in total. The smallest absolute Gasteiger partial charge is 0.193 e. The highest BCUT2D eigenvalue weighted by atomic mass is 127. The van der Waals surface area contributed by atoms with E-state index in [1.54, 1.807) is 31.4 Å². The molecule has 0 aliphatic rings. The van der Waals surface area contributed by atoms with Crippen molar-refractivity contribution >= 4 is 34.5 Å². The lowest BCUT2D eigenvalue weighted by atomic mass is 10.1. The summed E-state index contributed by atoms with van der Waals surface area (Å²) in [6.45, 7) is 0. The van der Waals surface area contributed by atoms with Gasteiger partial charge in [-0.1, -0.05) is 18.2 Å². The molecule has 126 valence electrons. The molecule has 5 nitrogen and oxygen atoms in total. The van der Waals surface area contributed by atoms with Crippen molar-refractivity contribution in [1.82, 2.24) is 0 Å². The first-order valence-electron chi connectivity index (χ1n) is 7.01. The van der Waals surface area contributed by atoms with Crippen LogP contribution >= 0.6 is 22.6 Å². The van der Waals surface area contributed by atoms with Gasteiger partial charge in [0.1, 0.15) is 28.6 Å². The van der Waals surface area contributed by atoms with Crippen molar-refractivity contribution in [1.29, 1.82) is 0 Å². The molecule has 0 unspecified atom stereocenters. The second-order valence-electron chi connectivity index (χ2n) is 4.79. The lowest BCUT2D eigenvalue weighted by Gasteiger charge is -2.13. The SMILES string of the molecule is COc1ccc(/C=C/C(=O)c2c(OC)cc(OC)c(I)c2O)cc1. The van der Waals surface area contributed by atoms with Crippen LogP contribution in [0.15, 0.2) is 36.4 Å². The quantitative estimate of drug-likeness (QED) is 0.419. The van der Waals surface area contributed by atoms with Gasteiger partial charge in [-0.2, -0.15) is 0 Å². The standard InChI is InChI=1S/C18H17IO5/c1-22-12-7-4-11(5-8-12)6-9-13(20)16-14(23-2)10-15(24-3)17(19)18(16)21/h4-10,21H,1-3H3/b9-6+. The number of halogens is 1. The first-order valence-corrected chi connectivity index (χ1v) is 8.09. The average molecular weight is 440 g/mol. The molecule has 0 radical (unpaired) electrons. The van der Waals surface area contributed by atoms with E-state index in [-0.39, 0.29) is 22.8 Å². The van der Waals surface area contributed by atoms with E-state index in [4.69, 9.17) is 14.2 Å². The number of aromatic hydroxyl groups is 1. The number of benzene rings is 2. The highest BCUT2D eigenvalue weighted by Crippen LogP contribution is 2.39. The Morgan fingerprint density at radius 2 is 1.67 bits per heavy atom. The van der Waals surface area contributed by atoms with Gasteiger partial charge in [-0.15, -0.1) is 0 Å². The van der Waals surface area contributed by atoms with Crippen LogP contribution in [0.5, 0.6) is 23.0 Å². The summed E-state index contributed by atoms with van der Waals surface area (Å²) in [6.07, 6.45) is 3.06. The van der Waals surface area contributed by atoms with Gasteiger partial charge < -0.3 is 19.3 Å². The summed E-state index contributed by atoms with van der Waals surface area (Å²) in [5.74, 6) is 0.925. The third kappa shape index (κ3) is 3.81. The Labute approximate surface area is 154 Å². The van der Waals surface area contributed by atoms with E-state index < -0.39 is 0 Å². The van der Waals surface area contributed by atoms with Crippen molar-refractivity contribution in [3.63, 3.8) is 0 Å². The predicted octanol–water partition coefficient (Wildman–Crippen LogP) is 3.92. The molecule has 0 aromatic heterocycles. The Bertz CT molecular complexity index is 766. The van der Waals surface area contributed by atoms with E-state index in [1.807, 2.05) is 34.7 Å². The number of carbonyl (C=O) groups is 1. The minimum Gasteiger partial charge on any atom is -0.506 e. The zero-order chi connectivity index (χ0) is 17.7. The van der Waals surface area contributed by atoms with Gasteiger partial charge in [-0.05, 0) is 46.4 Å². The molecule has 0 fully saturated rings. The number of hydrogen-bond acceptors (Lipinski definition) is 5. The lowest BCUT2D eigenvalue weighted by Crippen LogP contribution is -2.02. The predicted molar refractivity (Wildman–Crippen MR) is 100 cm³/mol. The summed E-state index contributed by atoms with van der Waals surface area (Å²) in [7, 11) is 4.52. The zero-order valence-electron chi connectivity index (χ0n) is 13.5. The lowest BCUT2D eigenvalue weighted by molar-refractivity contribution is 0.104. The van der Waals surface area contributed by atoms with Crippen LogP contribution in [0, 0.1) is 3.57 Å². The molecule has 0 saturated carbocycles. The van der Waals surface area contributed by atoms with E-state index in [2.05, 4.69) is 0 Å². The molecular weight excluding hydrogens is 423 g/mol. The maximum atomic E-state index is 12.5. The number of methoxy groups -OCH3 is 3. The number of phenolic OH excluding ortho intramolecular Hbond substituents is 1. The van der Waals surface area contributed by atoms with E-state index in [1.165, 1.54) is 20.3 Å². The molecule has 0 saturated heterocycles. The molecule has 6 heteroatoms. The van der Waals surface area contributed by atoms with E-state index in [9.17, 15) is 9.90 Å². The first kappa shape index (κ1) is 18.1. The number of phenols is 1. The first-order chi connectivity index (χ1) is 11.5. The average Bonchev–Trinajstić information content (AvgIpc) is 2.62. The van der Waals surface area contributed by atoms with Crippen LogP contribution in [-0.2, 0) is 0 Å². The molecule has 0 spiro atoms. The van der Waals surface area contributed by atoms with Gasteiger partial charge in [0.2, 0.25) is 0 Å². The number of ether oxygens (including phenoxy) is 3. The zero-order valence-corrected chi connectivity index (χ0v) is 15.7. The number of rotatable bonds is 6. The number of allylic oxidation sites excluding steroid dienone is 1. The van der Waals surface area contributed by atoms with Crippen LogP contribution in [0.3, 0.4) is 0 Å². The summed E-state index contributed by atoms with van der Waals surface area (Å²) in [4.78, 5) is 12.5. The summed E-state index contributed by atoms with van der Waals surface area (Å²) >= 11 is 1.92.